The molecule has 0 heterocycles. The predicted molar refractivity (Wildman–Crippen MR) is 334 cm³/mol. The SMILES string of the molecule is CC/C=C\C/C=C\C/C=C\C/C=C\CCCCCCCCCCCCC(=O)OCC(COC(=O)CCCCCCCCCCCCCCCCC)OC(=O)CCCCCCCC/C=C\C/C=C\C/C=C\CCCCCCC. The molecule has 1 unspecified atom stereocenters. The maximum atomic E-state index is 12.9. The van der Waals surface area contributed by atoms with E-state index in [1.165, 1.54) is 180 Å². The van der Waals surface area contributed by atoms with Gasteiger partial charge in [0, 0.05) is 19.3 Å². The number of allylic oxidation sites excluding steroid dienone is 14. The van der Waals surface area contributed by atoms with Crippen molar-refractivity contribution >= 4 is 17.9 Å². The number of rotatable bonds is 60. The van der Waals surface area contributed by atoms with E-state index in [0.717, 1.165) is 109 Å². The van der Waals surface area contributed by atoms with Crippen LogP contribution in [0.15, 0.2) is 85.1 Å². The molecular formula is C71H124O6. The van der Waals surface area contributed by atoms with Crippen LogP contribution in [0.25, 0.3) is 0 Å². The fraction of sp³-hybridized carbons (Fsp3) is 0.761. The number of esters is 3. The monoisotopic (exact) mass is 1070 g/mol. The molecule has 444 valence electrons. The molecule has 0 amide bonds. The average molecular weight is 1070 g/mol. The second-order valence-electron chi connectivity index (χ2n) is 22.0. The maximum absolute atomic E-state index is 12.9. The van der Waals surface area contributed by atoms with Crippen LogP contribution in [0.5, 0.6) is 0 Å². The molecule has 0 aliphatic rings. The number of hydrogen-bond acceptors (Lipinski definition) is 6. The molecule has 0 aromatic heterocycles. The Hall–Kier alpha value is -3.41. The van der Waals surface area contributed by atoms with Crippen molar-refractivity contribution < 1.29 is 28.6 Å². The molecule has 0 aliphatic carbocycles. The zero-order valence-electron chi connectivity index (χ0n) is 51.0. The molecule has 0 saturated carbocycles. The number of carbonyl (C=O) groups is 3. The minimum absolute atomic E-state index is 0.0801. The second-order valence-corrected chi connectivity index (χ2v) is 22.0. The highest BCUT2D eigenvalue weighted by atomic mass is 16.6. The Morgan fingerprint density at radius 2 is 0.506 bits per heavy atom. The summed E-state index contributed by atoms with van der Waals surface area (Å²) in [7, 11) is 0. The van der Waals surface area contributed by atoms with Crippen molar-refractivity contribution in [2.24, 2.45) is 0 Å². The molecule has 0 N–H and O–H groups in total. The topological polar surface area (TPSA) is 78.9 Å². The van der Waals surface area contributed by atoms with Gasteiger partial charge in [0.15, 0.2) is 6.10 Å². The normalized spacial score (nSPS) is 12.6. The quantitative estimate of drug-likeness (QED) is 0.0261. The number of carbonyl (C=O) groups excluding carboxylic acids is 3. The summed E-state index contributed by atoms with van der Waals surface area (Å²) in [6.07, 6.45) is 85.8. The van der Waals surface area contributed by atoms with Crippen LogP contribution in [-0.2, 0) is 28.6 Å². The van der Waals surface area contributed by atoms with Crippen LogP contribution in [0, 0.1) is 0 Å². The Morgan fingerprint density at radius 1 is 0.273 bits per heavy atom. The highest BCUT2D eigenvalue weighted by Crippen LogP contribution is 2.17. The number of ether oxygens (including phenoxy) is 3. The Kier molecular flexibility index (Phi) is 62.2. The van der Waals surface area contributed by atoms with Crippen molar-refractivity contribution in [1.29, 1.82) is 0 Å². The van der Waals surface area contributed by atoms with Gasteiger partial charge in [-0.25, -0.2) is 0 Å². The first-order chi connectivity index (χ1) is 38.0. The lowest BCUT2D eigenvalue weighted by Crippen LogP contribution is -2.30. The zero-order chi connectivity index (χ0) is 55.7. The van der Waals surface area contributed by atoms with Gasteiger partial charge in [0.25, 0.3) is 0 Å². The third-order valence-electron chi connectivity index (χ3n) is 14.4. The van der Waals surface area contributed by atoms with E-state index in [0.29, 0.717) is 19.3 Å². The number of unbranched alkanes of at least 4 members (excludes halogenated alkanes) is 35. The van der Waals surface area contributed by atoms with Gasteiger partial charge < -0.3 is 14.2 Å². The lowest BCUT2D eigenvalue weighted by atomic mass is 10.0. The molecule has 0 saturated heterocycles. The van der Waals surface area contributed by atoms with E-state index in [2.05, 4.69) is 106 Å². The summed E-state index contributed by atoms with van der Waals surface area (Å²) in [6, 6.07) is 0. The van der Waals surface area contributed by atoms with E-state index < -0.39 is 6.10 Å². The standard InChI is InChI=1S/C71H124O6/c1-4-7-10-13-16-19-22-25-28-30-32-34-35-37-38-40-43-46-49-52-55-58-61-64-70(73)76-67-68(66-75-69(72)63-60-57-54-51-48-45-42-27-24-21-18-15-12-9-6-3)77-71(74)65-62-59-56-53-50-47-44-41-39-36-33-31-29-26-23-20-17-14-11-8-5-2/h7,10,16,19,23,25-26,28,31-34,39,41,68H,4-6,8-9,11-15,17-18,20-22,24,27,29-30,35-38,40,42-67H2,1-3H3/b10-7-,19-16-,26-23-,28-25-,33-31-,34-32-,41-39-. The third-order valence-corrected chi connectivity index (χ3v) is 14.4. The summed E-state index contributed by atoms with van der Waals surface area (Å²) >= 11 is 0. The van der Waals surface area contributed by atoms with Crippen LogP contribution >= 0.6 is 0 Å². The van der Waals surface area contributed by atoms with Gasteiger partial charge in [-0.1, -0.05) is 298 Å². The molecule has 0 bridgehead atoms. The van der Waals surface area contributed by atoms with Crippen molar-refractivity contribution in [2.45, 2.75) is 335 Å². The minimum atomic E-state index is -0.786. The van der Waals surface area contributed by atoms with Crippen LogP contribution in [-0.4, -0.2) is 37.2 Å². The van der Waals surface area contributed by atoms with E-state index in [1.807, 2.05) is 0 Å². The van der Waals surface area contributed by atoms with Gasteiger partial charge in [-0.15, -0.1) is 0 Å². The van der Waals surface area contributed by atoms with Crippen LogP contribution in [0.4, 0.5) is 0 Å². The first-order valence-corrected chi connectivity index (χ1v) is 33.1. The second kappa shape index (κ2) is 65.1. The van der Waals surface area contributed by atoms with Crippen LogP contribution < -0.4 is 0 Å². The van der Waals surface area contributed by atoms with Crippen molar-refractivity contribution in [3.05, 3.63) is 85.1 Å². The Bertz CT molecular complexity index is 1470. The largest absolute Gasteiger partial charge is 0.462 e. The van der Waals surface area contributed by atoms with Gasteiger partial charge in [0.2, 0.25) is 0 Å². The molecule has 77 heavy (non-hydrogen) atoms. The van der Waals surface area contributed by atoms with Crippen LogP contribution in [0.3, 0.4) is 0 Å². The third kappa shape index (κ3) is 63.3. The van der Waals surface area contributed by atoms with Crippen LogP contribution in [0.2, 0.25) is 0 Å². The highest BCUT2D eigenvalue weighted by molar-refractivity contribution is 5.71. The molecule has 0 fully saturated rings. The zero-order valence-corrected chi connectivity index (χ0v) is 51.0. The highest BCUT2D eigenvalue weighted by Gasteiger charge is 2.19. The van der Waals surface area contributed by atoms with Gasteiger partial charge in [0.1, 0.15) is 13.2 Å². The first-order valence-electron chi connectivity index (χ1n) is 33.1. The van der Waals surface area contributed by atoms with E-state index in [1.54, 1.807) is 0 Å². The van der Waals surface area contributed by atoms with E-state index in [9.17, 15) is 14.4 Å². The van der Waals surface area contributed by atoms with Crippen molar-refractivity contribution in [2.75, 3.05) is 13.2 Å². The summed E-state index contributed by atoms with van der Waals surface area (Å²) in [5.41, 5.74) is 0. The van der Waals surface area contributed by atoms with Gasteiger partial charge in [-0.05, 0) is 96.3 Å². The molecule has 0 spiro atoms. The summed E-state index contributed by atoms with van der Waals surface area (Å²) in [4.78, 5) is 38.4. The van der Waals surface area contributed by atoms with Crippen molar-refractivity contribution in [1.82, 2.24) is 0 Å². The minimum Gasteiger partial charge on any atom is -0.462 e. The lowest BCUT2D eigenvalue weighted by Gasteiger charge is -2.18. The molecule has 6 heteroatoms. The molecule has 0 aliphatic heterocycles. The lowest BCUT2D eigenvalue weighted by molar-refractivity contribution is -0.167. The Balaban J connectivity index is 4.37. The smallest absolute Gasteiger partial charge is 0.306 e. The van der Waals surface area contributed by atoms with Gasteiger partial charge in [0.05, 0.1) is 0 Å². The summed E-state index contributed by atoms with van der Waals surface area (Å²) in [6.45, 7) is 6.54. The van der Waals surface area contributed by atoms with Gasteiger partial charge >= 0.3 is 17.9 Å². The summed E-state index contributed by atoms with van der Waals surface area (Å²) in [5, 5.41) is 0. The molecular weight excluding hydrogens is 949 g/mol. The summed E-state index contributed by atoms with van der Waals surface area (Å²) in [5.74, 6) is -0.881. The molecule has 0 aromatic carbocycles. The van der Waals surface area contributed by atoms with Gasteiger partial charge in [-0.2, -0.15) is 0 Å². The fourth-order valence-corrected chi connectivity index (χ4v) is 9.44. The Labute approximate surface area is 477 Å². The van der Waals surface area contributed by atoms with E-state index >= 15 is 0 Å². The average Bonchev–Trinajstić information content (AvgIpc) is 3.43. The first kappa shape index (κ1) is 73.6. The maximum Gasteiger partial charge on any atom is 0.306 e. The molecule has 1 atom stereocenters. The number of hydrogen-bond donors (Lipinski definition) is 0. The van der Waals surface area contributed by atoms with E-state index in [-0.39, 0.29) is 31.1 Å². The predicted octanol–water partition coefficient (Wildman–Crippen LogP) is 22.7. The summed E-state index contributed by atoms with van der Waals surface area (Å²) < 4.78 is 17.0. The van der Waals surface area contributed by atoms with Crippen molar-refractivity contribution in [3.63, 3.8) is 0 Å². The molecule has 6 nitrogen and oxygen atoms in total. The molecule has 0 aromatic rings. The van der Waals surface area contributed by atoms with Crippen LogP contribution in [0.1, 0.15) is 329 Å². The Morgan fingerprint density at radius 3 is 0.792 bits per heavy atom. The van der Waals surface area contributed by atoms with Gasteiger partial charge in [-0.3, -0.25) is 14.4 Å². The van der Waals surface area contributed by atoms with E-state index in [4.69, 9.17) is 14.2 Å². The fourth-order valence-electron chi connectivity index (χ4n) is 9.44. The molecule has 0 radical (unpaired) electrons. The van der Waals surface area contributed by atoms with Crippen molar-refractivity contribution in [3.8, 4) is 0 Å². The molecule has 0 rings (SSSR count).